The van der Waals surface area contributed by atoms with E-state index < -0.39 is 0 Å². The van der Waals surface area contributed by atoms with Gasteiger partial charge in [-0.15, -0.1) is 0 Å². The van der Waals surface area contributed by atoms with Gasteiger partial charge in [-0.1, -0.05) is 12.1 Å². The van der Waals surface area contributed by atoms with Crippen LogP contribution in [0.5, 0.6) is 0 Å². The summed E-state index contributed by atoms with van der Waals surface area (Å²) in [7, 11) is 0. The molecule has 1 aromatic heterocycles. The Morgan fingerprint density at radius 1 is 1.48 bits per heavy atom. The number of fused-ring (bicyclic) bond motifs is 1. The van der Waals surface area contributed by atoms with Crippen molar-refractivity contribution in [2.45, 2.75) is 25.6 Å². The molecule has 21 heavy (non-hydrogen) atoms. The average Bonchev–Trinajstić information content (AvgIpc) is 2.50. The van der Waals surface area contributed by atoms with Crippen molar-refractivity contribution in [1.82, 2.24) is 14.9 Å². The summed E-state index contributed by atoms with van der Waals surface area (Å²) in [5.74, 6) is 0. The Labute approximate surface area is 122 Å². The first-order chi connectivity index (χ1) is 10.2. The molecule has 0 aliphatic carbocycles. The second-order valence-corrected chi connectivity index (χ2v) is 5.45. The van der Waals surface area contributed by atoms with Gasteiger partial charge in [0.25, 0.3) is 5.56 Å². The summed E-state index contributed by atoms with van der Waals surface area (Å²) in [6.45, 7) is 3.65. The Bertz CT molecular complexity index is 685. The summed E-state index contributed by atoms with van der Waals surface area (Å²) < 4.78 is 5.51. The Balaban J connectivity index is 1.86. The minimum atomic E-state index is -0.194. The number of aromatic amines is 1. The number of hydrogen-bond acceptors (Lipinski definition) is 5. The SMILES string of the molecule is CC1COC(CO)CN1Cc1nc2ccccc2[nH]c1=O. The number of nitrogens with zero attached hydrogens (tertiary/aromatic N) is 2. The van der Waals surface area contributed by atoms with E-state index in [1.54, 1.807) is 0 Å². The molecule has 1 saturated heterocycles. The molecule has 2 N–H and O–H groups in total. The van der Waals surface area contributed by atoms with Crippen LogP contribution in [0.3, 0.4) is 0 Å². The molecule has 2 atom stereocenters. The van der Waals surface area contributed by atoms with Crippen LogP contribution in [0.2, 0.25) is 0 Å². The van der Waals surface area contributed by atoms with Gasteiger partial charge in [0, 0.05) is 19.1 Å². The van der Waals surface area contributed by atoms with Crippen LogP contribution < -0.4 is 5.56 Å². The molecule has 0 saturated carbocycles. The predicted octanol–water partition coefficient (Wildman–Crippen LogP) is 0.505. The van der Waals surface area contributed by atoms with Gasteiger partial charge in [-0.2, -0.15) is 0 Å². The van der Waals surface area contributed by atoms with E-state index in [1.807, 2.05) is 31.2 Å². The standard InChI is InChI=1S/C15H19N3O3/c1-10-9-21-11(8-19)6-18(10)7-14-15(20)17-13-5-3-2-4-12(13)16-14/h2-5,10-11,19H,6-9H2,1H3,(H,17,20). The molecule has 6 nitrogen and oxygen atoms in total. The first-order valence-corrected chi connectivity index (χ1v) is 7.12. The molecule has 1 fully saturated rings. The highest BCUT2D eigenvalue weighted by Crippen LogP contribution is 2.14. The van der Waals surface area contributed by atoms with Gasteiger partial charge in [0.2, 0.25) is 0 Å². The minimum absolute atomic E-state index is 0.00920. The molecule has 1 aliphatic rings. The topological polar surface area (TPSA) is 78.5 Å². The third kappa shape index (κ3) is 2.97. The maximum absolute atomic E-state index is 12.1. The number of rotatable bonds is 3. The minimum Gasteiger partial charge on any atom is -0.394 e. The second-order valence-electron chi connectivity index (χ2n) is 5.45. The van der Waals surface area contributed by atoms with E-state index in [9.17, 15) is 9.90 Å². The monoisotopic (exact) mass is 289 g/mol. The number of hydrogen-bond donors (Lipinski definition) is 2. The molecule has 0 radical (unpaired) electrons. The van der Waals surface area contributed by atoms with Crippen molar-refractivity contribution in [1.29, 1.82) is 0 Å². The maximum Gasteiger partial charge on any atom is 0.271 e. The van der Waals surface area contributed by atoms with Gasteiger partial charge in [-0.3, -0.25) is 9.69 Å². The van der Waals surface area contributed by atoms with Crippen molar-refractivity contribution < 1.29 is 9.84 Å². The number of aromatic nitrogens is 2. The molecule has 0 bridgehead atoms. The van der Waals surface area contributed by atoms with Crippen LogP contribution in [-0.4, -0.2) is 51.9 Å². The Morgan fingerprint density at radius 2 is 2.29 bits per heavy atom. The Kier molecular flexibility index (Phi) is 4.01. The molecule has 2 aromatic rings. The first kappa shape index (κ1) is 14.2. The number of aliphatic hydroxyl groups excluding tert-OH is 1. The van der Waals surface area contributed by atoms with E-state index in [0.717, 1.165) is 11.0 Å². The van der Waals surface area contributed by atoms with Crippen molar-refractivity contribution in [3.05, 3.63) is 40.3 Å². The van der Waals surface area contributed by atoms with Gasteiger partial charge in [0.15, 0.2) is 0 Å². The van der Waals surface area contributed by atoms with Gasteiger partial charge in [0.1, 0.15) is 5.69 Å². The summed E-state index contributed by atoms with van der Waals surface area (Å²) >= 11 is 0. The fourth-order valence-corrected chi connectivity index (χ4v) is 2.57. The molecule has 2 heterocycles. The highest BCUT2D eigenvalue weighted by atomic mass is 16.5. The van der Waals surface area contributed by atoms with Crippen molar-refractivity contribution in [2.75, 3.05) is 19.8 Å². The summed E-state index contributed by atoms with van der Waals surface area (Å²) in [6, 6.07) is 7.69. The molecular formula is C15H19N3O3. The Morgan fingerprint density at radius 3 is 3.10 bits per heavy atom. The third-order valence-electron chi connectivity index (χ3n) is 3.86. The van der Waals surface area contributed by atoms with E-state index in [2.05, 4.69) is 14.9 Å². The number of para-hydroxylation sites is 2. The maximum atomic E-state index is 12.1. The van der Waals surface area contributed by atoms with Crippen LogP contribution in [0.1, 0.15) is 12.6 Å². The lowest BCUT2D eigenvalue weighted by Gasteiger charge is -2.36. The smallest absolute Gasteiger partial charge is 0.271 e. The van der Waals surface area contributed by atoms with E-state index in [4.69, 9.17) is 4.74 Å². The van der Waals surface area contributed by atoms with Crippen molar-refractivity contribution in [3.8, 4) is 0 Å². The predicted molar refractivity (Wildman–Crippen MR) is 79.1 cm³/mol. The van der Waals surface area contributed by atoms with Crippen LogP contribution in [0.25, 0.3) is 11.0 Å². The molecule has 2 unspecified atom stereocenters. The number of morpholine rings is 1. The van der Waals surface area contributed by atoms with Crippen LogP contribution in [-0.2, 0) is 11.3 Å². The lowest BCUT2D eigenvalue weighted by atomic mass is 10.2. The summed E-state index contributed by atoms with van der Waals surface area (Å²) in [5.41, 5.74) is 1.87. The van der Waals surface area contributed by atoms with Crippen molar-refractivity contribution in [2.24, 2.45) is 0 Å². The first-order valence-electron chi connectivity index (χ1n) is 7.12. The molecule has 0 spiro atoms. The largest absolute Gasteiger partial charge is 0.394 e. The van der Waals surface area contributed by atoms with Crippen LogP contribution in [0, 0.1) is 0 Å². The normalized spacial score (nSPS) is 23.5. The van der Waals surface area contributed by atoms with Gasteiger partial charge >= 0.3 is 0 Å². The van der Waals surface area contributed by atoms with Gasteiger partial charge in [-0.25, -0.2) is 4.98 Å². The second kappa shape index (κ2) is 5.93. The summed E-state index contributed by atoms with van der Waals surface area (Å²) in [5, 5.41) is 9.22. The number of H-pyrrole nitrogens is 1. The van der Waals surface area contributed by atoms with E-state index >= 15 is 0 Å². The third-order valence-corrected chi connectivity index (χ3v) is 3.86. The number of aliphatic hydroxyl groups is 1. The molecule has 3 rings (SSSR count). The quantitative estimate of drug-likeness (QED) is 0.860. The molecular weight excluding hydrogens is 270 g/mol. The van der Waals surface area contributed by atoms with Gasteiger partial charge < -0.3 is 14.8 Å². The fourth-order valence-electron chi connectivity index (χ4n) is 2.57. The molecule has 1 aromatic carbocycles. The number of nitrogens with one attached hydrogen (secondary N) is 1. The summed E-state index contributed by atoms with van der Waals surface area (Å²) in [6.07, 6.45) is -0.194. The molecule has 112 valence electrons. The lowest BCUT2D eigenvalue weighted by molar-refractivity contribution is -0.0809. The Hall–Kier alpha value is -1.76. The molecule has 6 heteroatoms. The van der Waals surface area contributed by atoms with Crippen LogP contribution in [0.4, 0.5) is 0 Å². The van der Waals surface area contributed by atoms with Gasteiger partial charge in [0.05, 0.1) is 30.4 Å². The molecule has 0 amide bonds. The van der Waals surface area contributed by atoms with Crippen molar-refractivity contribution >= 4 is 11.0 Å². The van der Waals surface area contributed by atoms with Gasteiger partial charge in [-0.05, 0) is 19.1 Å². The van der Waals surface area contributed by atoms with Crippen LogP contribution >= 0.6 is 0 Å². The van der Waals surface area contributed by atoms with Crippen LogP contribution in [0.15, 0.2) is 29.1 Å². The zero-order valence-electron chi connectivity index (χ0n) is 12.0. The zero-order valence-corrected chi connectivity index (χ0v) is 12.0. The highest BCUT2D eigenvalue weighted by molar-refractivity contribution is 5.73. The van der Waals surface area contributed by atoms with E-state index in [1.165, 1.54) is 0 Å². The highest BCUT2D eigenvalue weighted by Gasteiger charge is 2.26. The molecule has 1 aliphatic heterocycles. The van der Waals surface area contributed by atoms with Crippen molar-refractivity contribution in [3.63, 3.8) is 0 Å². The lowest BCUT2D eigenvalue weighted by Crippen LogP contribution is -2.49. The van der Waals surface area contributed by atoms with E-state index in [0.29, 0.717) is 25.4 Å². The summed E-state index contributed by atoms with van der Waals surface area (Å²) in [4.78, 5) is 21.6. The average molecular weight is 289 g/mol. The zero-order chi connectivity index (χ0) is 14.8. The van der Waals surface area contributed by atoms with E-state index in [-0.39, 0.29) is 24.3 Å². The number of benzene rings is 1. The number of ether oxygens (including phenoxy) is 1. The fraction of sp³-hybridized carbons (Fsp3) is 0.467.